The van der Waals surface area contributed by atoms with Crippen LogP contribution in [0.3, 0.4) is 0 Å². The van der Waals surface area contributed by atoms with Gasteiger partial charge in [-0.3, -0.25) is 4.79 Å². The summed E-state index contributed by atoms with van der Waals surface area (Å²) in [5.74, 6) is 4.49. The van der Waals surface area contributed by atoms with E-state index in [9.17, 15) is 23.5 Å². The molecule has 1 heterocycles. The lowest BCUT2D eigenvalue weighted by atomic mass is 10.1. The molecule has 0 radical (unpaired) electrons. The van der Waals surface area contributed by atoms with Crippen molar-refractivity contribution < 1.29 is 47.6 Å². The summed E-state index contributed by atoms with van der Waals surface area (Å²) in [5, 5.41) is 30.5. The number of aliphatic hydroxyl groups is 3. The number of hydrogen-bond donors (Lipinski definition) is 4. The number of esters is 1. The zero-order valence-electron chi connectivity index (χ0n) is 24.7. The van der Waals surface area contributed by atoms with Crippen molar-refractivity contribution in [2.75, 3.05) is 26.4 Å². The van der Waals surface area contributed by atoms with Gasteiger partial charge in [-0.05, 0) is 89.0 Å². The van der Waals surface area contributed by atoms with Crippen molar-refractivity contribution in [1.29, 1.82) is 0 Å². The molecule has 4 aromatic rings. The molecule has 0 atom stereocenters. The molecule has 12 heteroatoms. The zero-order chi connectivity index (χ0) is 33.1. The number of amides is 1. The van der Waals surface area contributed by atoms with E-state index in [0.29, 0.717) is 56.4 Å². The first-order valence-corrected chi connectivity index (χ1v) is 15.6. The quantitative estimate of drug-likeness (QED) is 0.0601. The molecule has 0 spiro atoms. The number of hydrogen-bond acceptors (Lipinski definition) is 8. The third-order valence-corrected chi connectivity index (χ3v) is 7.40. The smallest absolute Gasteiger partial charge is 0.342 e. The van der Waals surface area contributed by atoms with E-state index in [1.54, 1.807) is 30.3 Å². The number of nitrogens with one attached hydrogen (secondary N) is 1. The van der Waals surface area contributed by atoms with Crippen LogP contribution in [-0.4, -0.2) is 53.6 Å². The number of fused-ring (bicyclic) bond motifs is 1. The van der Waals surface area contributed by atoms with E-state index < -0.39 is 17.6 Å². The van der Waals surface area contributed by atoms with Crippen molar-refractivity contribution in [3.8, 4) is 23.3 Å². The molecule has 0 aliphatic rings. The average molecular weight is 748 g/mol. The van der Waals surface area contributed by atoms with Crippen LogP contribution in [0.2, 0.25) is 0 Å². The summed E-state index contributed by atoms with van der Waals surface area (Å²) < 4.78 is 45.7. The van der Waals surface area contributed by atoms with Crippen LogP contribution in [0.15, 0.2) is 52.9 Å². The molecule has 0 fully saturated rings. The minimum Gasteiger partial charge on any atom is -0.460 e. The summed E-state index contributed by atoms with van der Waals surface area (Å²) in [6.45, 7) is -0.551. The van der Waals surface area contributed by atoms with Crippen molar-refractivity contribution >= 4 is 45.4 Å². The summed E-state index contributed by atoms with van der Waals surface area (Å²) in [5.41, 5.74) is 1.80. The Kier molecular flexibility index (Phi) is 12.9. The number of benzene rings is 3. The van der Waals surface area contributed by atoms with Crippen LogP contribution in [0.4, 0.5) is 8.78 Å². The summed E-state index contributed by atoms with van der Waals surface area (Å²) in [6, 6.07) is 11.3. The summed E-state index contributed by atoms with van der Waals surface area (Å²) in [4.78, 5) is 25.6. The maximum atomic E-state index is 13.7. The third-order valence-electron chi connectivity index (χ3n) is 6.60. The van der Waals surface area contributed by atoms with Crippen LogP contribution in [0.1, 0.15) is 52.1 Å². The molecule has 1 aromatic heterocycles. The van der Waals surface area contributed by atoms with Crippen LogP contribution < -0.4 is 10.1 Å². The molecule has 3 aromatic carbocycles. The van der Waals surface area contributed by atoms with Crippen LogP contribution >= 0.6 is 22.6 Å². The normalized spacial score (nSPS) is 10.8. The molecule has 0 saturated heterocycles. The molecule has 0 saturated carbocycles. The lowest BCUT2D eigenvalue weighted by Gasteiger charge is -2.13. The summed E-state index contributed by atoms with van der Waals surface area (Å²) in [6.07, 6.45) is 1.55. The Morgan fingerprint density at radius 3 is 2.41 bits per heavy atom. The fourth-order valence-corrected chi connectivity index (χ4v) is 5.38. The van der Waals surface area contributed by atoms with Gasteiger partial charge in [-0.1, -0.05) is 11.8 Å². The number of carbonyl (C=O) groups is 2. The highest BCUT2D eigenvalue weighted by atomic mass is 127. The van der Waals surface area contributed by atoms with Crippen molar-refractivity contribution in [3.05, 3.63) is 91.7 Å². The number of halogens is 3. The van der Waals surface area contributed by atoms with Crippen LogP contribution in [-0.2, 0) is 29.0 Å². The van der Waals surface area contributed by atoms with E-state index in [1.807, 2.05) is 0 Å². The number of carbonyl (C=O) groups excluding carboxylic acids is 2. The third kappa shape index (κ3) is 9.49. The molecule has 0 bridgehead atoms. The molecule has 1 amide bonds. The first-order chi connectivity index (χ1) is 22.2. The van der Waals surface area contributed by atoms with Crippen molar-refractivity contribution in [2.45, 2.75) is 38.7 Å². The standard InChI is InChI=1S/C34H32F2INO8/c35-24-14-22(15-25(36)18-24)20-44-34(43)32-27-19-26(7-8-29(27)46-30(32)6-4-11-40)45-33-23(5-2-1-3-10-39)13-21(16-28(33)37)17-31(42)38-9-12-41/h7-8,13-16,18-19,39-41H,1,3-4,6,9-12,17,20H2,(H,38,42). The van der Waals surface area contributed by atoms with Gasteiger partial charge in [0.1, 0.15) is 40.9 Å². The number of unbranched alkanes of at least 4 members (excludes halogenated alkanes) is 1. The molecule has 0 aliphatic heterocycles. The Balaban J connectivity index is 1.68. The number of aryl methyl sites for hydroxylation is 1. The molecule has 0 aliphatic carbocycles. The van der Waals surface area contributed by atoms with Gasteiger partial charge in [0.25, 0.3) is 0 Å². The molecular weight excluding hydrogens is 715 g/mol. The second-order valence-electron chi connectivity index (χ2n) is 10.2. The maximum absolute atomic E-state index is 13.7. The Morgan fingerprint density at radius 2 is 1.70 bits per heavy atom. The van der Waals surface area contributed by atoms with E-state index in [0.717, 1.165) is 18.2 Å². The van der Waals surface area contributed by atoms with Gasteiger partial charge >= 0.3 is 5.97 Å². The van der Waals surface area contributed by atoms with Crippen molar-refractivity contribution in [3.63, 3.8) is 0 Å². The molecular formula is C34H32F2INO8. The van der Waals surface area contributed by atoms with Crippen molar-refractivity contribution in [1.82, 2.24) is 5.32 Å². The molecule has 9 nitrogen and oxygen atoms in total. The van der Waals surface area contributed by atoms with Gasteiger partial charge in [0.15, 0.2) is 5.75 Å². The highest BCUT2D eigenvalue weighted by Crippen LogP contribution is 2.36. The van der Waals surface area contributed by atoms with Crippen LogP contribution in [0, 0.1) is 27.0 Å². The van der Waals surface area contributed by atoms with Gasteiger partial charge in [0.2, 0.25) is 5.91 Å². The van der Waals surface area contributed by atoms with E-state index in [4.69, 9.17) is 24.1 Å². The topological polar surface area (TPSA) is 138 Å². The van der Waals surface area contributed by atoms with Gasteiger partial charge < -0.3 is 34.5 Å². The number of aliphatic hydroxyl groups excluding tert-OH is 3. The fraction of sp³-hybridized carbons (Fsp3) is 0.294. The number of rotatable bonds is 14. The monoisotopic (exact) mass is 747 g/mol. The Labute approximate surface area is 277 Å². The highest BCUT2D eigenvalue weighted by Gasteiger charge is 2.23. The molecule has 0 unspecified atom stereocenters. The second kappa shape index (κ2) is 17.0. The van der Waals surface area contributed by atoms with Crippen LogP contribution in [0.5, 0.6) is 11.5 Å². The fourth-order valence-electron chi connectivity index (χ4n) is 4.58. The predicted molar refractivity (Wildman–Crippen MR) is 173 cm³/mol. The molecule has 4 N–H and O–H groups in total. The highest BCUT2D eigenvalue weighted by molar-refractivity contribution is 14.1. The SMILES string of the molecule is O=C(Cc1cc(I)c(Oc2ccc3oc(CCCO)c(C(=O)OCc4cc(F)cc(F)c4)c3c2)c(C#CCCCO)c1)NCCO. The van der Waals surface area contributed by atoms with Gasteiger partial charge in [0.05, 0.1) is 22.2 Å². The lowest BCUT2D eigenvalue weighted by molar-refractivity contribution is -0.120. The lowest BCUT2D eigenvalue weighted by Crippen LogP contribution is -2.27. The van der Waals surface area contributed by atoms with E-state index in [2.05, 4.69) is 39.7 Å². The van der Waals surface area contributed by atoms with Crippen LogP contribution in [0.25, 0.3) is 11.0 Å². The van der Waals surface area contributed by atoms with Crippen molar-refractivity contribution in [2.24, 2.45) is 0 Å². The molecule has 4 rings (SSSR count). The summed E-state index contributed by atoms with van der Waals surface area (Å²) >= 11 is 2.08. The van der Waals surface area contributed by atoms with Gasteiger partial charge in [0, 0.05) is 44.1 Å². The Morgan fingerprint density at radius 1 is 0.935 bits per heavy atom. The molecule has 46 heavy (non-hydrogen) atoms. The Hall–Kier alpha value is -4.03. The van der Waals surface area contributed by atoms with Gasteiger partial charge in [-0.2, -0.15) is 0 Å². The number of furan rings is 1. The Bertz CT molecular complexity index is 1740. The minimum atomic E-state index is -0.796. The largest absolute Gasteiger partial charge is 0.460 e. The van der Waals surface area contributed by atoms with Gasteiger partial charge in [-0.15, -0.1) is 0 Å². The zero-order valence-corrected chi connectivity index (χ0v) is 26.9. The average Bonchev–Trinajstić information content (AvgIpc) is 3.38. The van der Waals surface area contributed by atoms with Gasteiger partial charge in [-0.25, -0.2) is 13.6 Å². The second-order valence-corrected chi connectivity index (χ2v) is 11.3. The van der Waals surface area contributed by atoms with E-state index in [-0.39, 0.29) is 68.6 Å². The number of ether oxygens (including phenoxy) is 2. The first-order valence-electron chi connectivity index (χ1n) is 14.5. The van der Waals surface area contributed by atoms with E-state index >= 15 is 0 Å². The predicted octanol–water partition coefficient (Wildman–Crippen LogP) is 5.16. The van der Waals surface area contributed by atoms with E-state index in [1.165, 1.54) is 0 Å². The maximum Gasteiger partial charge on any atom is 0.342 e. The summed E-state index contributed by atoms with van der Waals surface area (Å²) in [7, 11) is 0. The first kappa shape index (κ1) is 34.8. The minimum absolute atomic E-state index is 0.00443. The molecule has 242 valence electrons.